The molecule has 0 bridgehead atoms. The molecule has 0 aliphatic rings. The highest BCUT2D eigenvalue weighted by molar-refractivity contribution is 6.09. The molecule has 0 saturated heterocycles. The third kappa shape index (κ3) is 4.54. The summed E-state index contributed by atoms with van der Waals surface area (Å²) < 4.78 is 0. The Kier molecular flexibility index (Phi) is 6.01. The Morgan fingerprint density at radius 1 is 1.00 bits per heavy atom. The van der Waals surface area contributed by atoms with E-state index in [1.165, 1.54) is 22.6 Å². The fraction of sp³-hybridized carbons (Fsp3) is 0.136. The van der Waals surface area contributed by atoms with Crippen molar-refractivity contribution in [2.45, 2.75) is 6.42 Å². The maximum absolute atomic E-state index is 13.0. The fourth-order valence-corrected chi connectivity index (χ4v) is 2.91. The van der Waals surface area contributed by atoms with Crippen molar-refractivity contribution in [3.05, 3.63) is 100 Å². The summed E-state index contributed by atoms with van der Waals surface area (Å²) in [7, 11) is 1.66. The van der Waals surface area contributed by atoms with Crippen LogP contribution < -0.4 is 10.2 Å². The third-order valence-electron chi connectivity index (χ3n) is 4.46. The Morgan fingerprint density at radius 2 is 1.64 bits per heavy atom. The number of hydrogen-bond acceptors (Lipinski definition) is 4. The Morgan fingerprint density at radius 3 is 2.29 bits per heavy atom. The molecule has 3 rings (SSSR count). The second-order valence-electron chi connectivity index (χ2n) is 6.35. The molecule has 0 aliphatic heterocycles. The van der Waals surface area contributed by atoms with Crippen molar-refractivity contribution < 1.29 is 9.72 Å². The largest absolute Gasteiger partial charge is 0.384 e. The number of nitrogens with one attached hydrogen (secondary N) is 1. The number of carbonyl (C=O) groups excluding carboxylic acids is 1. The van der Waals surface area contributed by atoms with Gasteiger partial charge in [0.15, 0.2) is 0 Å². The molecular formula is C22H21N3O3. The van der Waals surface area contributed by atoms with Crippen LogP contribution in [0.5, 0.6) is 0 Å². The fourth-order valence-electron chi connectivity index (χ4n) is 2.91. The summed E-state index contributed by atoms with van der Waals surface area (Å²) in [5.74, 6) is -0.308. The molecule has 0 fully saturated rings. The van der Waals surface area contributed by atoms with Crippen molar-refractivity contribution in [1.82, 2.24) is 0 Å². The minimum Gasteiger partial charge on any atom is -0.384 e. The van der Waals surface area contributed by atoms with Crippen LogP contribution in [0.2, 0.25) is 0 Å². The lowest BCUT2D eigenvalue weighted by Gasteiger charge is -2.19. The Hall–Kier alpha value is -3.67. The first-order chi connectivity index (χ1) is 13.6. The predicted octanol–water partition coefficient (Wildman–Crippen LogP) is 4.53. The van der Waals surface area contributed by atoms with Crippen molar-refractivity contribution in [3.63, 3.8) is 0 Å². The lowest BCUT2D eigenvalue weighted by molar-refractivity contribution is -0.384. The van der Waals surface area contributed by atoms with Crippen LogP contribution in [-0.2, 0) is 6.42 Å². The minimum atomic E-state index is -0.493. The second-order valence-corrected chi connectivity index (χ2v) is 6.35. The van der Waals surface area contributed by atoms with Crippen molar-refractivity contribution in [1.29, 1.82) is 0 Å². The van der Waals surface area contributed by atoms with E-state index in [2.05, 4.69) is 5.32 Å². The highest BCUT2D eigenvalue weighted by atomic mass is 16.6. The molecule has 142 valence electrons. The highest BCUT2D eigenvalue weighted by Gasteiger charge is 2.20. The lowest BCUT2D eigenvalue weighted by atomic mass is 10.1. The smallest absolute Gasteiger partial charge is 0.270 e. The average Bonchev–Trinajstić information content (AvgIpc) is 2.74. The van der Waals surface area contributed by atoms with E-state index < -0.39 is 4.92 Å². The SMILES string of the molecule is CN(C(=O)c1cc([N+](=O)[O-])ccc1NCCc1ccccc1)c1ccccc1. The molecule has 0 radical (unpaired) electrons. The van der Waals surface area contributed by atoms with Gasteiger partial charge in [-0.15, -0.1) is 0 Å². The van der Waals surface area contributed by atoms with Crippen LogP contribution in [0.15, 0.2) is 78.9 Å². The molecule has 0 spiro atoms. The number of para-hydroxylation sites is 1. The number of benzene rings is 3. The second kappa shape index (κ2) is 8.81. The van der Waals surface area contributed by atoms with Crippen molar-refractivity contribution in [2.24, 2.45) is 0 Å². The lowest BCUT2D eigenvalue weighted by Crippen LogP contribution is -2.27. The quantitative estimate of drug-likeness (QED) is 0.486. The van der Waals surface area contributed by atoms with Crippen LogP contribution in [-0.4, -0.2) is 24.4 Å². The molecule has 0 heterocycles. The van der Waals surface area contributed by atoms with Gasteiger partial charge in [0.05, 0.1) is 10.5 Å². The Bertz CT molecular complexity index is 959. The van der Waals surface area contributed by atoms with E-state index in [1.54, 1.807) is 13.1 Å². The summed E-state index contributed by atoms with van der Waals surface area (Å²) in [5.41, 5.74) is 2.63. The van der Waals surface area contributed by atoms with Gasteiger partial charge >= 0.3 is 0 Å². The molecule has 0 unspecified atom stereocenters. The molecule has 0 saturated carbocycles. The van der Waals surface area contributed by atoms with Crippen LogP contribution >= 0.6 is 0 Å². The molecule has 6 nitrogen and oxygen atoms in total. The van der Waals surface area contributed by atoms with Gasteiger partial charge in [0.25, 0.3) is 11.6 Å². The average molecular weight is 375 g/mol. The Labute approximate surface area is 163 Å². The molecule has 0 aliphatic carbocycles. The summed E-state index contributed by atoms with van der Waals surface area (Å²) in [6.45, 7) is 0.608. The first kappa shape index (κ1) is 19.1. The maximum atomic E-state index is 13.0. The van der Waals surface area contributed by atoms with E-state index in [1.807, 2.05) is 60.7 Å². The van der Waals surface area contributed by atoms with Crippen molar-refractivity contribution >= 4 is 23.0 Å². The summed E-state index contributed by atoms with van der Waals surface area (Å²) in [6.07, 6.45) is 0.778. The third-order valence-corrected chi connectivity index (χ3v) is 4.46. The molecule has 6 heteroatoms. The van der Waals surface area contributed by atoms with Crippen LogP contribution in [0.25, 0.3) is 0 Å². The molecule has 28 heavy (non-hydrogen) atoms. The summed E-state index contributed by atoms with van der Waals surface area (Å²) in [5, 5.41) is 14.4. The monoisotopic (exact) mass is 375 g/mol. The van der Waals surface area contributed by atoms with E-state index in [0.29, 0.717) is 17.9 Å². The van der Waals surface area contributed by atoms with Gasteiger partial charge in [-0.25, -0.2) is 0 Å². The number of nitro benzene ring substituents is 1. The van der Waals surface area contributed by atoms with Gasteiger partial charge in [0.1, 0.15) is 0 Å². The van der Waals surface area contributed by atoms with E-state index in [0.717, 1.165) is 6.42 Å². The zero-order chi connectivity index (χ0) is 19.9. The summed E-state index contributed by atoms with van der Waals surface area (Å²) in [6, 6.07) is 23.5. The number of hydrogen-bond donors (Lipinski definition) is 1. The number of carbonyl (C=O) groups is 1. The van der Waals surface area contributed by atoms with E-state index in [9.17, 15) is 14.9 Å². The van der Waals surface area contributed by atoms with Crippen LogP contribution in [0.1, 0.15) is 15.9 Å². The number of nitrogens with zero attached hydrogens (tertiary/aromatic N) is 2. The van der Waals surface area contributed by atoms with Gasteiger partial charge in [-0.2, -0.15) is 0 Å². The number of nitro groups is 1. The zero-order valence-corrected chi connectivity index (χ0v) is 15.5. The highest BCUT2D eigenvalue weighted by Crippen LogP contribution is 2.25. The minimum absolute atomic E-state index is 0.113. The number of anilines is 2. The zero-order valence-electron chi connectivity index (χ0n) is 15.5. The first-order valence-electron chi connectivity index (χ1n) is 8.95. The van der Waals surface area contributed by atoms with Crippen LogP contribution in [0.3, 0.4) is 0 Å². The van der Waals surface area contributed by atoms with Crippen molar-refractivity contribution in [2.75, 3.05) is 23.8 Å². The molecule has 0 aromatic heterocycles. The van der Waals surface area contributed by atoms with Gasteiger partial charge < -0.3 is 10.2 Å². The topological polar surface area (TPSA) is 75.5 Å². The van der Waals surface area contributed by atoms with Crippen LogP contribution in [0.4, 0.5) is 17.1 Å². The standard InChI is InChI=1S/C22H21N3O3/c1-24(18-10-6-3-7-11-18)22(26)20-16-19(25(27)28)12-13-21(20)23-15-14-17-8-4-2-5-9-17/h2-13,16,23H,14-15H2,1H3. The first-order valence-corrected chi connectivity index (χ1v) is 8.95. The number of amides is 1. The van der Waals surface area contributed by atoms with E-state index in [4.69, 9.17) is 0 Å². The normalized spacial score (nSPS) is 10.3. The molecule has 3 aromatic rings. The van der Waals surface area contributed by atoms with Gasteiger partial charge in [-0.1, -0.05) is 48.5 Å². The molecule has 0 atom stereocenters. The molecule has 3 aromatic carbocycles. The number of non-ortho nitro benzene ring substituents is 1. The number of rotatable bonds is 7. The molecule has 1 amide bonds. The molecular weight excluding hydrogens is 354 g/mol. The van der Waals surface area contributed by atoms with Gasteiger partial charge in [-0.3, -0.25) is 14.9 Å². The summed E-state index contributed by atoms with van der Waals surface area (Å²) in [4.78, 5) is 25.2. The Balaban J connectivity index is 1.83. The van der Waals surface area contributed by atoms with E-state index >= 15 is 0 Å². The van der Waals surface area contributed by atoms with Crippen LogP contribution in [0, 0.1) is 10.1 Å². The van der Waals surface area contributed by atoms with Gasteiger partial charge in [0.2, 0.25) is 0 Å². The maximum Gasteiger partial charge on any atom is 0.270 e. The van der Waals surface area contributed by atoms with Crippen molar-refractivity contribution in [3.8, 4) is 0 Å². The predicted molar refractivity (Wildman–Crippen MR) is 111 cm³/mol. The van der Waals surface area contributed by atoms with Gasteiger partial charge in [-0.05, 0) is 30.2 Å². The molecule has 1 N–H and O–H groups in total. The summed E-state index contributed by atoms with van der Waals surface area (Å²) >= 11 is 0. The van der Waals surface area contributed by atoms with E-state index in [-0.39, 0.29) is 17.2 Å². The van der Waals surface area contributed by atoms with Gasteiger partial charge in [0, 0.05) is 37.1 Å².